The summed E-state index contributed by atoms with van der Waals surface area (Å²) >= 11 is 0. The summed E-state index contributed by atoms with van der Waals surface area (Å²) in [4.78, 5) is 0. The number of rotatable bonds is 2. The van der Waals surface area contributed by atoms with Gasteiger partial charge in [-0.05, 0) is 38.1 Å². The molecule has 0 saturated carbocycles. The summed E-state index contributed by atoms with van der Waals surface area (Å²) in [6.45, 7) is 13.2. The lowest BCUT2D eigenvalue weighted by atomic mass is 9.75. The Morgan fingerprint density at radius 1 is 1.00 bits per heavy atom. The first-order valence-corrected chi connectivity index (χ1v) is 7.04. The topological polar surface area (TPSA) is 18.5 Å². The van der Waals surface area contributed by atoms with E-state index in [1.807, 2.05) is 18.2 Å². The molecule has 3 heteroatoms. The van der Waals surface area contributed by atoms with Crippen LogP contribution >= 0.6 is 0 Å². The Kier molecular flexibility index (Phi) is 3.57. The molecule has 2 rings (SSSR count). The molecule has 0 N–H and O–H groups in total. The number of hydrogen-bond donors (Lipinski definition) is 0. The molecule has 19 heavy (non-hydrogen) atoms. The first-order chi connectivity index (χ1) is 8.63. The van der Waals surface area contributed by atoms with Crippen LogP contribution in [0.1, 0.15) is 48.0 Å². The second kappa shape index (κ2) is 4.64. The Labute approximate surface area is 117 Å². The summed E-state index contributed by atoms with van der Waals surface area (Å²) in [6.07, 6.45) is 0.969. The Hall–Kier alpha value is -0.795. The fourth-order valence-corrected chi connectivity index (χ4v) is 2.81. The van der Waals surface area contributed by atoms with E-state index < -0.39 is 0 Å². The predicted octanol–water partition coefficient (Wildman–Crippen LogP) is 3.40. The van der Waals surface area contributed by atoms with E-state index >= 15 is 0 Å². The molecule has 0 bridgehead atoms. The van der Waals surface area contributed by atoms with Gasteiger partial charge in [0.1, 0.15) is 0 Å². The molecule has 0 aliphatic carbocycles. The fourth-order valence-electron chi connectivity index (χ4n) is 2.81. The summed E-state index contributed by atoms with van der Waals surface area (Å²) in [5, 5.41) is 0. The van der Waals surface area contributed by atoms with Crippen LogP contribution < -0.4 is 5.46 Å². The molecule has 0 spiro atoms. The van der Waals surface area contributed by atoms with E-state index in [1.165, 1.54) is 0 Å². The van der Waals surface area contributed by atoms with Gasteiger partial charge >= 0.3 is 7.12 Å². The normalized spacial score (nSPS) is 26.7. The molecule has 0 amide bonds. The van der Waals surface area contributed by atoms with Crippen LogP contribution in [0.3, 0.4) is 0 Å². The summed E-state index contributed by atoms with van der Waals surface area (Å²) in [6, 6.07) is 10.2. The van der Waals surface area contributed by atoms with Gasteiger partial charge in [-0.3, -0.25) is 0 Å². The molecular formula is C16H25BO2. The van der Waals surface area contributed by atoms with Gasteiger partial charge in [0, 0.05) is 0 Å². The molecule has 1 saturated heterocycles. The van der Waals surface area contributed by atoms with Crippen LogP contribution in [0.5, 0.6) is 0 Å². The molecule has 0 aromatic heterocycles. The largest absolute Gasteiger partial charge is 0.494 e. The van der Waals surface area contributed by atoms with Gasteiger partial charge in [0.2, 0.25) is 0 Å². The summed E-state index contributed by atoms with van der Waals surface area (Å²) in [5.74, 6) is 0. The van der Waals surface area contributed by atoms with Crippen molar-refractivity contribution < 1.29 is 9.31 Å². The van der Waals surface area contributed by atoms with Crippen LogP contribution in [0.25, 0.3) is 0 Å². The zero-order valence-electron chi connectivity index (χ0n) is 13.0. The predicted molar refractivity (Wildman–Crippen MR) is 80.6 cm³/mol. The van der Waals surface area contributed by atoms with Gasteiger partial charge in [-0.1, -0.05) is 51.1 Å². The molecule has 1 aliphatic rings. The lowest BCUT2D eigenvalue weighted by molar-refractivity contribution is -0.0367. The van der Waals surface area contributed by atoms with Gasteiger partial charge in [0.05, 0.1) is 11.2 Å². The maximum Gasteiger partial charge on any atom is 0.494 e. The molecule has 1 aromatic carbocycles. The Morgan fingerprint density at radius 2 is 1.58 bits per heavy atom. The SMILES string of the molecule is CC(C)(C)CC1(C)OB(c2ccccc2)OC1(C)C. The number of hydrogen-bond acceptors (Lipinski definition) is 2. The van der Waals surface area contributed by atoms with E-state index in [0.717, 1.165) is 11.9 Å². The fraction of sp³-hybridized carbons (Fsp3) is 0.625. The third-order valence-electron chi connectivity index (χ3n) is 3.98. The van der Waals surface area contributed by atoms with Crippen molar-refractivity contribution in [2.24, 2.45) is 5.41 Å². The first kappa shape index (κ1) is 14.6. The quantitative estimate of drug-likeness (QED) is 0.759. The van der Waals surface area contributed by atoms with Crippen molar-refractivity contribution in [3.05, 3.63) is 30.3 Å². The van der Waals surface area contributed by atoms with E-state index in [1.54, 1.807) is 0 Å². The Bertz CT molecular complexity index is 436. The van der Waals surface area contributed by atoms with Gasteiger partial charge < -0.3 is 9.31 Å². The van der Waals surface area contributed by atoms with Crippen LogP contribution in [0, 0.1) is 5.41 Å². The van der Waals surface area contributed by atoms with Crippen molar-refractivity contribution in [3.8, 4) is 0 Å². The van der Waals surface area contributed by atoms with Crippen molar-refractivity contribution in [3.63, 3.8) is 0 Å². The lowest BCUT2D eigenvalue weighted by Gasteiger charge is -2.40. The highest BCUT2D eigenvalue weighted by molar-refractivity contribution is 6.62. The van der Waals surface area contributed by atoms with Gasteiger partial charge in [-0.2, -0.15) is 0 Å². The van der Waals surface area contributed by atoms with Crippen molar-refractivity contribution >= 4 is 12.6 Å². The van der Waals surface area contributed by atoms with E-state index in [4.69, 9.17) is 9.31 Å². The third-order valence-corrected chi connectivity index (χ3v) is 3.98. The summed E-state index contributed by atoms with van der Waals surface area (Å²) < 4.78 is 12.5. The maximum atomic E-state index is 6.30. The van der Waals surface area contributed by atoms with Crippen LogP contribution in [0.15, 0.2) is 30.3 Å². The van der Waals surface area contributed by atoms with Crippen LogP contribution in [0.4, 0.5) is 0 Å². The maximum absolute atomic E-state index is 6.30. The van der Waals surface area contributed by atoms with Crippen molar-refractivity contribution in [1.29, 1.82) is 0 Å². The monoisotopic (exact) mass is 260 g/mol. The van der Waals surface area contributed by atoms with Gasteiger partial charge in [-0.15, -0.1) is 0 Å². The minimum absolute atomic E-state index is 0.209. The molecule has 1 unspecified atom stereocenters. The van der Waals surface area contributed by atoms with Gasteiger partial charge in [0.25, 0.3) is 0 Å². The van der Waals surface area contributed by atoms with Crippen molar-refractivity contribution in [1.82, 2.24) is 0 Å². The highest BCUT2D eigenvalue weighted by Crippen LogP contribution is 2.44. The van der Waals surface area contributed by atoms with E-state index in [-0.39, 0.29) is 23.7 Å². The molecule has 0 radical (unpaired) electrons. The average Bonchev–Trinajstić information content (AvgIpc) is 2.48. The van der Waals surface area contributed by atoms with Crippen LogP contribution in [0.2, 0.25) is 0 Å². The summed E-state index contributed by atoms with van der Waals surface area (Å²) in [7, 11) is -0.261. The summed E-state index contributed by atoms with van der Waals surface area (Å²) in [5.41, 5.74) is 0.737. The smallest absolute Gasteiger partial charge is 0.399 e. The van der Waals surface area contributed by atoms with Crippen LogP contribution in [-0.4, -0.2) is 18.3 Å². The highest BCUT2D eigenvalue weighted by Gasteiger charge is 2.55. The second-order valence-electron chi connectivity index (χ2n) is 7.46. The zero-order valence-corrected chi connectivity index (χ0v) is 13.0. The molecular weight excluding hydrogens is 235 g/mol. The number of benzene rings is 1. The van der Waals surface area contributed by atoms with Crippen molar-refractivity contribution in [2.45, 2.75) is 59.2 Å². The lowest BCUT2D eigenvalue weighted by Crippen LogP contribution is -2.47. The second-order valence-corrected chi connectivity index (χ2v) is 7.46. The minimum atomic E-state index is -0.291. The van der Waals surface area contributed by atoms with Gasteiger partial charge in [0.15, 0.2) is 0 Å². The Morgan fingerprint density at radius 3 is 2.11 bits per heavy atom. The average molecular weight is 260 g/mol. The van der Waals surface area contributed by atoms with E-state index in [9.17, 15) is 0 Å². The molecule has 2 nitrogen and oxygen atoms in total. The van der Waals surface area contributed by atoms with E-state index in [0.29, 0.717) is 0 Å². The molecule has 104 valence electrons. The minimum Gasteiger partial charge on any atom is -0.399 e. The molecule has 1 aromatic rings. The highest BCUT2D eigenvalue weighted by atomic mass is 16.7. The molecule has 1 heterocycles. The van der Waals surface area contributed by atoms with E-state index in [2.05, 4.69) is 53.7 Å². The Balaban J connectivity index is 2.24. The molecule has 1 fully saturated rings. The molecule has 1 atom stereocenters. The standard InChI is InChI=1S/C16H25BO2/c1-14(2,3)12-16(6)15(4,5)18-17(19-16)13-10-8-7-9-11-13/h7-11H,12H2,1-6H3. The first-order valence-electron chi connectivity index (χ1n) is 7.04. The zero-order chi connectivity index (χ0) is 14.3. The van der Waals surface area contributed by atoms with Crippen LogP contribution in [-0.2, 0) is 9.31 Å². The van der Waals surface area contributed by atoms with Gasteiger partial charge in [-0.25, -0.2) is 0 Å². The molecule has 1 aliphatic heterocycles. The third kappa shape index (κ3) is 3.03. The van der Waals surface area contributed by atoms with Crippen molar-refractivity contribution in [2.75, 3.05) is 0 Å².